The Bertz CT molecular complexity index is 425. The van der Waals surface area contributed by atoms with Crippen LogP contribution in [0, 0.1) is 0 Å². The Morgan fingerprint density at radius 2 is 1.88 bits per heavy atom. The minimum Gasteiger partial charge on any atom is -0.494 e. The van der Waals surface area contributed by atoms with Crippen LogP contribution in [0.15, 0.2) is 18.2 Å². The van der Waals surface area contributed by atoms with Crippen molar-refractivity contribution in [1.29, 1.82) is 0 Å². The molecule has 0 aliphatic heterocycles. The van der Waals surface area contributed by atoms with Gasteiger partial charge in [-0.05, 0) is 32.0 Å². The number of hydrogen-bond donors (Lipinski definition) is 1. The molecule has 1 aromatic rings. The average Bonchev–Trinajstić information content (AvgIpc) is 2.29. The summed E-state index contributed by atoms with van der Waals surface area (Å²) in [5.41, 5.74) is -0.0859. The number of esters is 1. The molecule has 0 fully saturated rings. The van der Waals surface area contributed by atoms with E-state index in [4.69, 9.17) is 14.6 Å². The van der Waals surface area contributed by atoms with E-state index in [9.17, 15) is 9.59 Å². The predicted molar refractivity (Wildman–Crippen MR) is 60.5 cm³/mol. The van der Waals surface area contributed by atoms with Crippen LogP contribution < -0.4 is 4.74 Å². The summed E-state index contributed by atoms with van der Waals surface area (Å²) in [7, 11) is 0. The molecule has 0 aromatic heterocycles. The Balaban J connectivity index is 3.12. The minimum absolute atomic E-state index is 0.0304. The van der Waals surface area contributed by atoms with Crippen LogP contribution in [0.3, 0.4) is 0 Å². The summed E-state index contributed by atoms with van der Waals surface area (Å²) in [4.78, 5) is 22.5. The molecule has 1 aromatic carbocycles. The van der Waals surface area contributed by atoms with Crippen LogP contribution in [0.5, 0.6) is 5.75 Å². The Hall–Kier alpha value is -2.04. The minimum atomic E-state index is -1.19. The van der Waals surface area contributed by atoms with E-state index >= 15 is 0 Å². The second kappa shape index (κ2) is 5.89. The number of rotatable bonds is 5. The molecule has 0 unspecified atom stereocenters. The first-order valence-corrected chi connectivity index (χ1v) is 5.27. The topological polar surface area (TPSA) is 72.8 Å². The number of carboxylic acids is 1. The van der Waals surface area contributed by atoms with E-state index in [0.29, 0.717) is 12.4 Å². The highest BCUT2D eigenvalue weighted by Gasteiger charge is 2.18. The smallest absolute Gasteiger partial charge is 0.339 e. The van der Waals surface area contributed by atoms with Crippen LogP contribution in [0.1, 0.15) is 34.6 Å². The molecule has 0 saturated carbocycles. The summed E-state index contributed by atoms with van der Waals surface area (Å²) in [5, 5.41) is 9.01. The Labute approximate surface area is 99.0 Å². The van der Waals surface area contributed by atoms with Gasteiger partial charge in [0, 0.05) is 0 Å². The molecule has 0 heterocycles. The van der Waals surface area contributed by atoms with Gasteiger partial charge in [0.05, 0.1) is 24.3 Å². The number of ether oxygens (including phenoxy) is 2. The van der Waals surface area contributed by atoms with Crippen molar-refractivity contribution in [3.63, 3.8) is 0 Å². The van der Waals surface area contributed by atoms with Gasteiger partial charge in [0.25, 0.3) is 0 Å². The maximum atomic E-state index is 11.5. The summed E-state index contributed by atoms with van der Waals surface area (Å²) in [6.45, 7) is 4.08. The Kier molecular flexibility index (Phi) is 4.51. The highest BCUT2D eigenvalue weighted by Crippen LogP contribution is 2.19. The highest BCUT2D eigenvalue weighted by molar-refractivity contribution is 6.02. The maximum absolute atomic E-state index is 11.5. The van der Waals surface area contributed by atoms with E-state index in [1.165, 1.54) is 12.1 Å². The van der Waals surface area contributed by atoms with Crippen molar-refractivity contribution >= 4 is 11.9 Å². The fraction of sp³-hybridized carbons (Fsp3) is 0.333. The molecule has 0 radical (unpaired) electrons. The van der Waals surface area contributed by atoms with Crippen molar-refractivity contribution in [1.82, 2.24) is 0 Å². The normalized spacial score (nSPS) is 9.76. The van der Waals surface area contributed by atoms with Crippen LogP contribution in [0.2, 0.25) is 0 Å². The third-order valence-corrected chi connectivity index (χ3v) is 2.03. The lowest BCUT2D eigenvalue weighted by atomic mass is 10.1. The molecular weight excluding hydrogens is 224 g/mol. The van der Waals surface area contributed by atoms with Crippen molar-refractivity contribution < 1.29 is 24.2 Å². The SMILES string of the molecule is CCOC(=O)c1ccc(OCC)cc1C(=O)O. The van der Waals surface area contributed by atoms with Gasteiger partial charge in [-0.2, -0.15) is 0 Å². The number of aromatic carboxylic acids is 1. The van der Waals surface area contributed by atoms with Gasteiger partial charge in [0.15, 0.2) is 0 Å². The number of carboxylic acid groups (broad SMARTS) is 1. The van der Waals surface area contributed by atoms with E-state index < -0.39 is 11.9 Å². The summed E-state index contributed by atoms with van der Waals surface area (Å²) < 4.78 is 9.95. The van der Waals surface area contributed by atoms with E-state index in [2.05, 4.69) is 0 Å². The molecule has 0 atom stereocenters. The molecule has 0 bridgehead atoms. The van der Waals surface area contributed by atoms with Crippen LogP contribution in [-0.4, -0.2) is 30.3 Å². The number of carbonyl (C=O) groups is 2. The molecule has 5 heteroatoms. The molecule has 5 nitrogen and oxygen atoms in total. The molecule has 0 saturated heterocycles. The molecule has 0 aliphatic carbocycles. The van der Waals surface area contributed by atoms with Crippen LogP contribution in [0.25, 0.3) is 0 Å². The zero-order valence-electron chi connectivity index (χ0n) is 9.73. The second-order valence-electron chi connectivity index (χ2n) is 3.17. The average molecular weight is 238 g/mol. The highest BCUT2D eigenvalue weighted by atomic mass is 16.5. The largest absolute Gasteiger partial charge is 0.494 e. The van der Waals surface area contributed by atoms with Gasteiger partial charge >= 0.3 is 11.9 Å². The summed E-state index contributed by atoms with van der Waals surface area (Å²) >= 11 is 0. The van der Waals surface area contributed by atoms with Crippen LogP contribution in [0.4, 0.5) is 0 Å². The number of benzene rings is 1. The third-order valence-electron chi connectivity index (χ3n) is 2.03. The van der Waals surface area contributed by atoms with E-state index in [1.807, 2.05) is 0 Å². The van der Waals surface area contributed by atoms with Crippen molar-refractivity contribution in [2.75, 3.05) is 13.2 Å². The molecule has 1 rings (SSSR count). The van der Waals surface area contributed by atoms with E-state index in [0.717, 1.165) is 0 Å². The lowest BCUT2D eigenvalue weighted by molar-refractivity contribution is 0.0514. The van der Waals surface area contributed by atoms with Gasteiger partial charge in [0.1, 0.15) is 5.75 Å². The van der Waals surface area contributed by atoms with E-state index in [1.54, 1.807) is 19.9 Å². The molecule has 0 amide bonds. The molecule has 0 spiro atoms. The molecule has 0 aliphatic rings. The monoisotopic (exact) mass is 238 g/mol. The quantitative estimate of drug-likeness (QED) is 0.794. The predicted octanol–water partition coefficient (Wildman–Crippen LogP) is 1.96. The first-order chi connectivity index (χ1) is 8.10. The van der Waals surface area contributed by atoms with Gasteiger partial charge in [0.2, 0.25) is 0 Å². The molecule has 17 heavy (non-hydrogen) atoms. The molecule has 1 N–H and O–H groups in total. The summed E-state index contributed by atoms with van der Waals surface area (Å²) in [5.74, 6) is -1.42. The molecule has 92 valence electrons. The van der Waals surface area contributed by atoms with Gasteiger partial charge in [-0.25, -0.2) is 9.59 Å². The molecular formula is C12H14O5. The Morgan fingerprint density at radius 3 is 2.41 bits per heavy atom. The van der Waals surface area contributed by atoms with Crippen LogP contribution in [-0.2, 0) is 4.74 Å². The van der Waals surface area contributed by atoms with Crippen molar-refractivity contribution in [3.8, 4) is 5.75 Å². The third kappa shape index (κ3) is 3.21. The summed E-state index contributed by atoms with van der Waals surface area (Å²) in [6.07, 6.45) is 0. The fourth-order valence-corrected chi connectivity index (χ4v) is 1.34. The van der Waals surface area contributed by atoms with Gasteiger partial charge < -0.3 is 14.6 Å². The first-order valence-electron chi connectivity index (χ1n) is 5.27. The van der Waals surface area contributed by atoms with E-state index in [-0.39, 0.29) is 17.7 Å². The number of hydrogen-bond acceptors (Lipinski definition) is 4. The lowest BCUT2D eigenvalue weighted by Gasteiger charge is -2.08. The lowest BCUT2D eigenvalue weighted by Crippen LogP contribution is -2.12. The second-order valence-corrected chi connectivity index (χ2v) is 3.17. The van der Waals surface area contributed by atoms with Crippen molar-refractivity contribution in [3.05, 3.63) is 29.3 Å². The van der Waals surface area contributed by atoms with Gasteiger partial charge in [-0.1, -0.05) is 0 Å². The zero-order chi connectivity index (χ0) is 12.8. The first kappa shape index (κ1) is 13.0. The van der Waals surface area contributed by atoms with Crippen molar-refractivity contribution in [2.45, 2.75) is 13.8 Å². The van der Waals surface area contributed by atoms with Crippen LogP contribution >= 0.6 is 0 Å². The summed E-state index contributed by atoms with van der Waals surface area (Å²) in [6, 6.07) is 4.26. The Morgan fingerprint density at radius 1 is 1.18 bits per heavy atom. The zero-order valence-corrected chi connectivity index (χ0v) is 9.73. The van der Waals surface area contributed by atoms with Crippen molar-refractivity contribution in [2.24, 2.45) is 0 Å². The van der Waals surface area contributed by atoms with Gasteiger partial charge in [-0.15, -0.1) is 0 Å². The number of carbonyl (C=O) groups excluding carboxylic acids is 1. The fourth-order valence-electron chi connectivity index (χ4n) is 1.34. The van der Waals surface area contributed by atoms with Gasteiger partial charge in [-0.3, -0.25) is 0 Å². The maximum Gasteiger partial charge on any atom is 0.339 e. The standard InChI is InChI=1S/C12H14O5/c1-3-16-8-5-6-9(12(15)17-4-2)10(7-8)11(13)14/h5-7H,3-4H2,1-2H3,(H,13,14).